The molecule has 0 bridgehead atoms. The number of halogens is 1. The van der Waals surface area contributed by atoms with Crippen molar-refractivity contribution < 1.29 is 13.9 Å². The molecule has 0 saturated carbocycles. The van der Waals surface area contributed by atoms with E-state index in [9.17, 15) is 9.18 Å². The van der Waals surface area contributed by atoms with Crippen LogP contribution in [0.2, 0.25) is 0 Å². The molecular formula is C20H28FN3O2. The summed E-state index contributed by atoms with van der Waals surface area (Å²) in [5.41, 5.74) is 1.72. The summed E-state index contributed by atoms with van der Waals surface area (Å²) >= 11 is 0. The molecule has 3 rings (SSSR count). The van der Waals surface area contributed by atoms with Gasteiger partial charge in [-0.05, 0) is 58.4 Å². The fraction of sp³-hybridized carbons (Fsp3) is 0.550. The number of carbonyl (C=O) groups is 1. The van der Waals surface area contributed by atoms with Crippen LogP contribution in [0.1, 0.15) is 43.7 Å². The second-order valence-electron chi connectivity index (χ2n) is 8.02. The first-order chi connectivity index (χ1) is 12.2. The second-order valence-corrected chi connectivity index (χ2v) is 8.02. The third-order valence-corrected chi connectivity index (χ3v) is 5.11. The normalized spacial score (nSPS) is 21.9. The average Bonchev–Trinajstić information content (AvgIpc) is 2.96. The van der Waals surface area contributed by atoms with Crippen molar-refractivity contribution in [3.05, 3.63) is 35.3 Å². The smallest absolute Gasteiger partial charge is 0.267 e. The minimum absolute atomic E-state index is 0.177. The van der Waals surface area contributed by atoms with Crippen LogP contribution in [0.15, 0.2) is 18.2 Å². The highest BCUT2D eigenvalue weighted by Crippen LogP contribution is 2.22. The van der Waals surface area contributed by atoms with Gasteiger partial charge in [0.2, 0.25) is 0 Å². The van der Waals surface area contributed by atoms with Gasteiger partial charge in [-0.2, -0.15) is 0 Å². The third kappa shape index (κ3) is 3.91. The van der Waals surface area contributed by atoms with Crippen molar-refractivity contribution in [2.75, 3.05) is 19.6 Å². The van der Waals surface area contributed by atoms with E-state index in [1.165, 1.54) is 12.1 Å². The van der Waals surface area contributed by atoms with Gasteiger partial charge in [-0.25, -0.2) is 4.39 Å². The lowest BCUT2D eigenvalue weighted by Crippen LogP contribution is -2.58. The minimum atomic E-state index is -0.305. The number of aromatic nitrogens is 1. The van der Waals surface area contributed by atoms with E-state index >= 15 is 0 Å². The maximum atomic E-state index is 13.5. The Morgan fingerprint density at radius 1 is 1.31 bits per heavy atom. The molecular weight excluding hydrogens is 333 g/mol. The van der Waals surface area contributed by atoms with E-state index in [4.69, 9.17) is 4.74 Å². The van der Waals surface area contributed by atoms with E-state index in [1.807, 2.05) is 6.92 Å². The highest BCUT2D eigenvalue weighted by molar-refractivity contribution is 5.98. The quantitative estimate of drug-likeness (QED) is 0.879. The van der Waals surface area contributed by atoms with Crippen molar-refractivity contribution in [3.8, 4) is 0 Å². The SMILES string of the molecule is Cc1cc(F)cc2[nH]c(C(=O)NCC(C)(C)N3C[C@@H](C)O[C@H](C)C3)cc12. The number of carbonyl (C=O) groups excluding carboxylic acids is 1. The van der Waals surface area contributed by atoms with Gasteiger partial charge in [-0.15, -0.1) is 0 Å². The zero-order valence-corrected chi connectivity index (χ0v) is 16.1. The highest BCUT2D eigenvalue weighted by atomic mass is 19.1. The lowest BCUT2D eigenvalue weighted by molar-refractivity contribution is -0.0948. The Bertz CT molecular complexity index is 805. The van der Waals surface area contributed by atoms with E-state index < -0.39 is 0 Å². The number of fused-ring (bicyclic) bond motifs is 1. The maximum absolute atomic E-state index is 13.5. The van der Waals surface area contributed by atoms with Crippen molar-refractivity contribution >= 4 is 16.8 Å². The Morgan fingerprint density at radius 3 is 2.62 bits per heavy atom. The van der Waals surface area contributed by atoms with Gasteiger partial charge in [-0.1, -0.05) is 0 Å². The summed E-state index contributed by atoms with van der Waals surface area (Å²) in [5.74, 6) is -0.482. The van der Waals surface area contributed by atoms with Crippen molar-refractivity contribution in [1.82, 2.24) is 15.2 Å². The Kier molecular flexibility index (Phi) is 5.08. The summed E-state index contributed by atoms with van der Waals surface area (Å²) < 4.78 is 19.3. The number of ether oxygens (including phenoxy) is 1. The Balaban J connectivity index is 1.69. The second kappa shape index (κ2) is 7.00. The molecule has 2 heterocycles. The summed E-state index contributed by atoms with van der Waals surface area (Å²) in [6.07, 6.45) is 0.362. The van der Waals surface area contributed by atoms with Gasteiger partial charge < -0.3 is 15.0 Å². The van der Waals surface area contributed by atoms with E-state index in [0.717, 1.165) is 24.0 Å². The average molecular weight is 361 g/mol. The number of amides is 1. The molecule has 1 aliphatic rings. The number of hydrogen-bond donors (Lipinski definition) is 2. The molecule has 2 N–H and O–H groups in total. The number of H-pyrrole nitrogens is 1. The molecule has 1 saturated heterocycles. The molecule has 142 valence electrons. The molecule has 0 unspecified atom stereocenters. The van der Waals surface area contributed by atoms with E-state index in [-0.39, 0.29) is 29.5 Å². The van der Waals surface area contributed by atoms with Crippen LogP contribution in [0.5, 0.6) is 0 Å². The van der Waals surface area contributed by atoms with Gasteiger partial charge >= 0.3 is 0 Å². The molecule has 2 atom stereocenters. The van der Waals surface area contributed by atoms with Gasteiger partial charge in [0.1, 0.15) is 11.5 Å². The Labute approximate surface area is 153 Å². The molecule has 2 aromatic rings. The molecule has 1 fully saturated rings. The number of benzene rings is 1. The monoisotopic (exact) mass is 361 g/mol. The van der Waals surface area contributed by atoms with E-state index in [2.05, 4.69) is 42.9 Å². The molecule has 0 aliphatic carbocycles. The highest BCUT2D eigenvalue weighted by Gasteiger charge is 2.33. The molecule has 5 nitrogen and oxygen atoms in total. The van der Waals surface area contributed by atoms with Crippen LogP contribution in [-0.4, -0.2) is 53.2 Å². The summed E-state index contributed by atoms with van der Waals surface area (Å²) in [7, 11) is 0. The van der Waals surface area contributed by atoms with E-state index in [1.54, 1.807) is 6.07 Å². The largest absolute Gasteiger partial charge is 0.373 e. The van der Waals surface area contributed by atoms with Gasteiger partial charge in [0, 0.05) is 36.1 Å². The maximum Gasteiger partial charge on any atom is 0.267 e. The van der Waals surface area contributed by atoms with E-state index in [0.29, 0.717) is 17.8 Å². The van der Waals surface area contributed by atoms with Crippen molar-refractivity contribution in [1.29, 1.82) is 0 Å². The summed E-state index contributed by atoms with van der Waals surface area (Å²) in [6.45, 7) is 12.5. The number of morpholine rings is 1. The van der Waals surface area contributed by atoms with Gasteiger partial charge in [0.25, 0.3) is 5.91 Å². The summed E-state index contributed by atoms with van der Waals surface area (Å²) in [6, 6.07) is 4.67. The van der Waals surface area contributed by atoms with Crippen LogP contribution in [0.3, 0.4) is 0 Å². The molecule has 1 aromatic carbocycles. The van der Waals surface area contributed by atoms with Crippen LogP contribution in [-0.2, 0) is 4.74 Å². The fourth-order valence-corrected chi connectivity index (χ4v) is 3.67. The van der Waals surface area contributed by atoms with Gasteiger partial charge in [0.05, 0.1) is 12.2 Å². The molecule has 0 spiro atoms. The summed E-state index contributed by atoms with van der Waals surface area (Å²) in [4.78, 5) is 18.0. The summed E-state index contributed by atoms with van der Waals surface area (Å²) in [5, 5.41) is 3.88. The zero-order chi connectivity index (χ0) is 19.1. The molecule has 0 radical (unpaired) electrons. The first-order valence-corrected chi connectivity index (χ1v) is 9.13. The zero-order valence-electron chi connectivity index (χ0n) is 16.1. The van der Waals surface area contributed by atoms with Crippen molar-refractivity contribution in [3.63, 3.8) is 0 Å². The predicted octanol–water partition coefficient (Wildman–Crippen LogP) is 3.23. The van der Waals surface area contributed by atoms with Crippen molar-refractivity contribution in [2.24, 2.45) is 0 Å². The standard InChI is InChI=1S/C20H28FN3O2/c1-12-6-15(21)7-17-16(12)8-18(23-17)19(25)22-11-20(4,5)24-9-13(2)26-14(3)10-24/h6-8,13-14,23H,9-11H2,1-5H3,(H,22,25)/t13-,14-/m1/s1. The molecule has 6 heteroatoms. The number of nitrogens with one attached hydrogen (secondary N) is 2. The molecule has 26 heavy (non-hydrogen) atoms. The first-order valence-electron chi connectivity index (χ1n) is 9.13. The van der Waals surface area contributed by atoms with Crippen molar-refractivity contribution in [2.45, 2.75) is 52.4 Å². The van der Waals surface area contributed by atoms with Crippen LogP contribution in [0.4, 0.5) is 4.39 Å². The number of rotatable bonds is 4. The number of nitrogens with zero attached hydrogens (tertiary/aromatic N) is 1. The number of hydrogen-bond acceptors (Lipinski definition) is 3. The third-order valence-electron chi connectivity index (χ3n) is 5.11. The van der Waals surface area contributed by atoms with Crippen LogP contribution < -0.4 is 5.32 Å². The molecule has 1 aliphatic heterocycles. The van der Waals surface area contributed by atoms with Crippen LogP contribution in [0, 0.1) is 12.7 Å². The minimum Gasteiger partial charge on any atom is -0.373 e. The lowest BCUT2D eigenvalue weighted by Gasteiger charge is -2.45. The Hall–Kier alpha value is -1.92. The van der Waals surface area contributed by atoms with Crippen LogP contribution >= 0.6 is 0 Å². The van der Waals surface area contributed by atoms with Gasteiger partial charge in [0.15, 0.2) is 0 Å². The first kappa shape index (κ1) is 18.9. The predicted molar refractivity (Wildman–Crippen MR) is 101 cm³/mol. The lowest BCUT2D eigenvalue weighted by atomic mass is 10.00. The number of aromatic amines is 1. The Morgan fingerprint density at radius 2 is 1.96 bits per heavy atom. The van der Waals surface area contributed by atoms with Crippen LogP contribution in [0.25, 0.3) is 10.9 Å². The number of aryl methyl sites for hydroxylation is 1. The molecule has 1 amide bonds. The molecule has 1 aromatic heterocycles. The van der Waals surface area contributed by atoms with Gasteiger partial charge in [-0.3, -0.25) is 9.69 Å². The fourth-order valence-electron chi connectivity index (χ4n) is 3.67. The topological polar surface area (TPSA) is 57.4 Å².